The van der Waals surface area contributed by atoms with Crippen LogP contribution in [0.3, 0.4) is 0 Å². The molecule has 24 heavy (non-hydrogen) atoms. The van der Waals surface area contributed by atoms with Crippen LogP contribution in [-0.4, -0.2) is 11.1 Å². The van der Waals surface area contributed by atoms with E-state index in [1.165, 1.54) is 12.1 Å². The number of rotatable bonds is 4. The highest BCUT2D eigenvalue weighted by atomic mass is 19.1. The van der Waals surface area contributed by atoms with E-state index in [1.54, 1.807) is 48.5 Å². The molecular formula is C20H15FO3. The lowest BCUT2D eigenvalue weighted by molar-refractivity contribution is 0.0472. The second-order valence-corrected chi connectivity index (χ2v) is 5.33. The molecule has 0 unspecified atom stereocenters. The number of hydrogen-bond acceptors (Lipinski definition) is 3. The topological polar surface area (TPSA) is 46.5 Å². The summed E-state index contributed by atoms with van der Waals surface area (Å²) >= 11 is 0. The zero-order chi connectivity index (χ0) is 16.9. The predicted octanol–water partition coefficient (Wildman–Crippen LogP) is 4.56. The molecule has 0 saturated heterocycles. The number of aromatic hydroxyl groups is 1. The van der Waals surface area contributed by atoms with E-state index in [-0.39, 0.29) is 18.2 Å². The van der Waals surface area contributed by atoms with Crippen molar-refractivity contribution >= 4 is 5.97 Å². The van der Waals surface area contributed by atoms with Gasteiger partial charge in [-0.05, 0) is 53.1 Å². The Hall–Kier alpha value is -3.14. The van der Waals surface area contributed by atoms with E-state index in [2.05, 4.69) is 0 Å². The van der Waals surface area contributed by atoms with Gasteiger partial charge in [0.25, 0.3) is 0 Å². The molecule has 3 aromatic carbocycles. The molecule has 0 aliphatic rings. The highest BCUT2D eigenvalue weighted by Crippen LogP contribution is 2.22. The average molecular weight is 322 g/mol. The minimum Gasteiger partial charge on any atom is -0.508 e. The first-order valence-corrected chi connectivity index (χ1v) is 7.43. The van der Waals surface area contributed by atoms with Crippen LogP contribution in [0.1, 0.15) is 15.9 Å². The standard InChI is InChI=1S/C20H15FO3/c21-18-9-1-14(2-10-18)13-24-20(23)17-5-3-15(4-6-17)16-7-11-19(22)12-8-16/h1-12,22H,13H2. The van der Waals surface area contributed by atoms with Crippen LogP contribution in [0.2, 0.25) is 0 Å². The molecular weight excluding hydrogens is 307 g/mol. The second kappa shape index (κ2) is 6.96. The fourth-order valence-electron chi connectivity index (χ4n) is 2.27. The van der Waals surface area contributed by atoms with Gasteiger partial charge in [0.05, 0.1) is 5.56 Å². The van der Waals surface area contributed by atoms with Crippen molar-refractivity contribution in [2.45, 2.75) is 6.61 Å². The summed E-state index contributed by atoms with van der Waals surface area (Å²) in [6.45, 7) is 0.0961. The average Bonchev–Trinajstić information content (AvgIpc) is 2.62. The lowest BCUT2D eigenvalue weighted by atomic mass is 10.0. The largest absolute Gasteiger partial charge is 0.508 e. The Kier molecular flexibility index (Phi) is 4.57. The van der Waals surface area contributed by atoms with Crippen molar-refractivity contribution in [3.05, 3.63) is 89.7 Å². The van der Waals surface area contributed by atoms with Crippen LogP contribution in [0.4, 0.5) is 4.39 Å². The molecule has 0 fully saturated rings. The fourth-order valence-corrected chi connectivity index (χ4v) is 2.27. The highest BCUT2D eigenvalue weighted by molar-refractivity contribution is 5.90. The third-order valence-corrected chi connectivity index (χ3v) is 3.60. The summed E-state index contributed by atoms with van der Waals surface area (Å²) in [7, 11) is 0. The predicted molar refractivity (Wildman–Crippen MR) is 89.1 cm³/mol. The molecule has 0 atom stereocenters. The maximum absolute atomic E-state index is 12.8. The van der Waals surface area contributed by atoms with Crippen LogP contribution in [0, 0.1) is 5.82 Å². The van der Waals surface area contributed by atoms with Crippen molar-refractivity contribution in [1.29, 1.82) is 0 Å². The summed E-state index contributed by atoms with van der Waals surface area (Å²) < 4.78 is 18.0. The number of esters is 1. The quantitative estimate of drug-likeness (QED) is 0.717. The molecule has 0 radical (unpaired) electrons. The molecule has 1 N–H and O–H groups in total. The molecule has 3 nitrogen and oxygen atoms in total. The number of ether oxygens (including phenoxy) is 1. The van der Waals surface area contributed by atoms with Gasteiger partial charge in [0.2, 0.25) is 0 Å². The van der Waals surface area contributed by atoms with Crippen molar-refractivity contribution in [1.82, 2.24) is 0 Å². The smallest absolute Gasteiger partial charge is 0.338 e. The van der Waals surface area contributed by atoms with E-state index in [0.29, 0.717) is 5.56 Å². The van der Waals surface area contributed by atoms with Gasteiger partial charge >= 0.3 is 5.97 Å². The van der Waals surface area contributed by atoms with Gasteiger partial charge in [0, 0.05) is 0 Å². The summed E-state index contributed by atoms with van der Waals surface area (Å²) in [5.41, 5.74) is 3.05. The van der Waals surface area contributed by atoms with Crippen LogP contribution in [0.15, 0.2) is 72.8 Å². The molecule has 0 saturated carbocycles. The van der Waals surface area contributed by atoms with Gasteiger partial charge in [-0.3, -0.25) is 0 Å². The first-order chi connectivity index (χ1) is 11.6. The van der Waals surface area contributed by atoms with E-state index in [0.717, 1.165) is 16.7 Å². The third-order valence-electron chi connectivity index (χ3n) is 3.60. The Morgan fingerprint density at radius 1 is 0.833 bits per heavy atom. The highest BCUT2D eigenvalue weighted by Gasteiger charge is 2.08. The van der Waals surface area contributed by atoms with Gasteiger partial charge in [-0.25, -0.2) is 9.18 Å². The van der Waals surface area contributed by atoms with E-state index in [1.807, 2.05) is 12.1 Å². The normalized spacial score (nSPS) is 10.4. The van der Waals surface area contributed by atoms with E-state index in [9.17, 15) is 14.3 Å². The number of halogens is 1. The number of carbonyl (C=O) groups excluding carboxylic acids is 1. The lowest BCUT2D eigenvalue weighted by Gasteiger charge is -2.06. The van der Waals surface area contributed by atoms with Gasteiger partial charge < -0.3 is 9.84 Å². The number of phenols is 1. The van der Waals surface area contributed by atoms with Crippen LogP contribution in [0.5, 0.6) is 5.75 Å². The van der Waals surface area contributed by atoms with Gasteiger partial charge in [-0.15, -0.1) is 0 Å². The van der Waals surface area contributed by atoms with Crippen molar-refractivity contribution in [2.24, 2.45) is 0 Å². The lowest BCUT2D eigenvalue weighted by Crippen LogP contribution is -2.05. The van der Waals surface area contributed by atoms with E-state index < -0.39 is 5.97 Å². The Morgan fingerprint density at radius 3 is 1.96 bits per heavy atom. The first-order valence-electron chi connectivity index (χ1n) is 7.43. The number of benzene rings is 3. The van der Waals surface area contributed by atoms with Crippen molar-refractivity contribution < 1.29 is 19.0 Å². The SMILES string of the molecule is O=C(OCc1ccc(F)cc1)c1ccc(-c2ccc(O)cc2)cc1. The fraction of sp³-hybridized carbons (Fsp3) is 0.0500. The summed E-state index contributed by atoms with van der Waals surface area (Å²) in [5.74, 6) is -0.550. The number of hydrogen-bond donors (Lipinski definition) is 1. The second-order valence-electron chi connectivity index (χ2n) is 5.33. The number of carbonyl (C=O) groups is 1. The molecule has 4 heteroatoms. The zero-order valence-corrected chi connectivity index (χ0v) is 12.8. The summed E-state index contributed by atoms with van der Waals surface area (Å²) in [5, 5.41) is 9.31. The molecule has 0 aliphatic heterocycles. The van der Waals surface area contributed by atoms with Crippen LogP contribution in [-0.2, 0) is 11.3 Å². The third kappa shape index (κ3) is 3.79. The first kappa shape index (κ1) is 15.7. The van der Waals surface area contributed by atoms with Crippen LogP contribution in [0.25, 0.3) is 11.1 Å². The molecule has 0 amide bonds. The van der Waals surface area contributed by atoms with Crippen LogP contribution >= 0.6 is 0 Å². The summed E-state index contributed by atoms with van der Waals surface area (Å²) in [4.78, 5) is 12.0. The Morgan fingerprint density at radius 2 is 1.38 bits per heavy atom. The summed E-state index contributed by atoms with van der Waals surface area (Å²) in [6.07, 6.45) is 0. The zero-order valence-electron chi connectivity index (χ0n) is 12.8. The number of phenolic OH excluding ortho intramolecular Hbond substituents is 1. The Labute approximate surface area is 139 Å². The van der Waals surface area contributed by atoms with E-state index >= 15 is 0 Å². The molecule has 3 rings (SSSR count). The molecule has 0 aliphatic carbocycles. The molecule has 0 aromatic heterocycles. The van der Waals surface area contributed by atoms with Gasteiger partial charge in [0.15, 0.2) is 0 Å². The minimum absolute atomic E-state index is 0.0961. The van der Waals surface area contributed by atoms with Crippen molar-refractivity contribution in [2.75, 3.05) is 0 Å². The van der Waals surface area contributed by atoms with Crippen molar-refractivity contribution in [3.63, 3.8) is 0 Å². The maximum atomic E-state index is 12.8. The molecule has 0 heterocycles. The van der Waals surface area contributed by atoms with Crippen LogP contribution < -0.4 is 0 Å². The molecule has 120 valence electrons. The maximum Gasteiger partial charge on any atom is 0.338 e. The van der Waals surface area contributed by atoms with Gasteiger partial charge in [-0.1, -0.05) is 36.4 Å². The molecule has 0 spiro atoms. The molecule has 0 bridgehead atoms. The molecule has 3 aromatic rings. The van der Waals surface area contributed by atoms with Gasteiger partial charge in [-0.2, -0.15) is 0 Å². The van der Waals surface area contributed by atoms with E-state index in [4.69, 9.17) is 4.74 Å². The van der Waals surface area contributed by atoms with Crippen molar-refractivity contribution in [3.8, 4) is 16.9 Å². The monoisotopic (exact) mass is 322 g/mol. The Balaban J connectivity index is 1.65. The van der Waals surface area contributed by atoms with Gasteiger partial charge in [0.1, 0.15) is 18.2 Å². The summed E-state index contributed by atoms with van der Waals surface area (Å²) in [6, 6.07) is 19.7. The Bertz CT molecular complexity index is 822. The minimum atomic E-state index is -0.434.